The first-order chi connectivity index (χ1) is 8.63. The van der Waals surface area contributed by atoms with Gasteiger partial charge in [-0.1, -0.05) is 6.07 Å². The topological polar surface area (TPSA) is 68.0 Å². The molecule has 0 aliphatic heterocycles. The molecule has 0 saturated carbocycles. The Morgan fingerprint density at radius 2 is 2.33 bits per heavy atom. The van der Waals surface area contributed by atoms with Gasteiger partial charge in [0.25, 0.3) is 0 Å². The fraction of sp³-hybridized carbons (Fsp3) is 0.167. The fourth-order valence-electron chi connectivity index (χ4n) is 1.46. The number of amides is 1. The number of aromatic nitrogens is 1. The number of aryl methyl sites for hydroxylation is 1. The normalized spacial score (nSPS) is 10.3. The van der Waals surface area contributed by atoms with E-state index < -0.39 is 0 Å². The van der Waals surface area contributed by atoms with Gasteiger partial charge in [-0.15, -0.1) is 11.3 Å². The molecular weight excluding hydrogens is 253 g/mol. The fourth-order valence-corrected chi connectivity index (χ4v) is 2.15. The second-order valence-corrected chi connectivity index (χ2v) is 4.87. The van der Waals surface area contributed by atoms with Gasteiger partial charge in [-0.3, -0.25) is 4.79 Å². The molecule has 2 rings (SSSR count). The number of hydrogen-bond acceptors (Lipinski definition) is 4. The van der Waals surface area contributed by atoms with Crippen molar-refractivity contribution in [3.05, 3.63) is 41.2 Å². The average molecular weight is 265 g/mol. The molecule has 0 unspecified atom stereocenters. The first-order valence-electron chi connectivity index (χ1n) is 5.39. The van der Waals surface area contributed by atoms with Crippen LogP contribution in [0.3, 0.4) is 0 Å². The van der Waals surface area contributed by atoms with Crippen LogP contribution < -0.4 is 11.1 Å². The van der Waals surface area contributed by atoms with Crippen molar-refractivity contribution >= 4 is 28.1 Å². The molecule has 1 heterocycles. The highest BCUT2D eigenvalue weighted by Gasteiger charge is 2.05. The van der Waals surface area contributed by atoms with E-state index in [4.69, 9.17) is 5.73 Å². The summed E-state index contributed by atoms with van der Waals surface area (Å²) in [6.07, 6.45) is 2.56. The van der Waals surface area contributed by atoms with E-state index in [1.54, 1.807) is 18.3 Å². The lowest BCUT2D eigenvalue weighted by atomic mass is 10.2. The highest BCUT2D eigenvalue weighted by molar-refractivity contribution is 7.15. The number of carbonyl (C=O) groups excluding carboxylic acids is 1. The Hall–Kier alpha value is -1.95. The molecule has 1 aromatic carbocycles. The maximum atomic E-state index is 12.9. The molecule has 4 nitrogen and oxygen atoms in total. The Balaban J connectivity index is 1.85. The van der Waals surface area contributed by atoms with Gasteiger partial charge in [0, 0.05) is 23.2 Å². The van der Waals surface area contributed by atoms with Gasteiger partial charge in [-0.05, 0) is 24.6 Å². The van der Waals surface area contributed by atoms with Crippen LogP contribution in [0.1, 0.15) is 11.3 Å². The molecule has 0 bridgehead atoms. The zero-order valence-electron chi connectivity index (χ0n) is 9.52. The number of carbonyl (C=O) groups is 1. The zero-order chi connectivity index (χ0) is 13.0. The quantitative estimate of drug-likeness (QED) is 0.892. The van der Waals surface area contributed by atoms with Crippen LogP contribution in [0.25, 0.3) is 0 Å². The molecule has 94 valence electrons. The SMILES string of the molecule is Nc1ncc(CCC(=O)Nc2cccc(F)c2)s1. The van der Waals surface area contributed by atoms with Crippen LogP contribution in [0.4, 0.5) is 15.2 Å². The van der Waals surface area contributed by atoms with Gasteiger partial charge in [0.15, 0.2) is 5.13 Å². The first kappa shape index (κ1) is 12.5. The van der Waals surface area contributed by atoms with Crippen LogP contribution in [-0.4, -0.2) is 10.9 Å². The minimum absolute atomic E-state index is 0.160. The Morgan fingerprint density at radius 3 is 3.00 bits per heavy atom. The number of anilines is 2. The van der Waals surface area contributed by atoms with E-state index in [1.165, 1.54) is 23.5 Å². The monoisotopic (exact) mass is 265 g/mol. The molecule has 0 saturated heterocycles. The third kappa shape index (κ3) is 3.53. The number of thiazole rings is 1. The van der Waals surface area contributed by atoms with Crippen LogP contribution in [-0.2, 0) is 11.2 Å². The molecule has 18 heavy (non-hydrogen) atoms. The minimum atomic E-state index is -0.372. The number of rotatable bonds is 4. The molecule has 0 aliphatic carbocycles. The molecule has 1 amide bonds. The van der Waals surface area contributed by atoms with Crippen molar-refractivity contribution in [1.82, 2.24) is 4.98 Å². The highest BCUT2D eigenvalue weighted by atomic mass is 32.1. The van der Waals surface area contributed by atoms with Crippen molar-refractivity contribution in [2.45, 2.75) is 12.8 Å². The van der Waals surface area contributed by atoms with Crippen molar-refractivity contribution < 1.29 is 9.18 Å². The smallest absolute Gasteiger partial charge is 0.224 e. The van der Waals surface area contributed by atoms with Crippen LogP contribution in [0, 0.1) is 5.82 Å². The Morgan fingerprint density at radius 1 is 1.50 bits per heavy atom. The average Bonchev–Trinajstić information content (AvgIpc) is 2.73. The molecule has 6 heteroatoms. The Bertz CT molecular complexity index is 556. The number of nitrogens with two attached hydrogens (primary N) is 1. The lowest BCUT2D eigenvalue weighted by Gasteiger charge is -2.04. The van der Waals surface area contributed by atoms with Crippen LogP contribution in [0.5, 0.6) is 0 Å². The standard InChI is InChI=1S/C12H12FN3OS/c13-8-2-1-3-9(6-8)16-11(17)5-4-10-7-15-12(14)18-10/h1-3,6-7H,4-5H2,(H2,14,15)(H,16,17). The second kappa shape index (κ2) is 5.59. The van der Waals surface area contributed by atoms with Gasteiger partial charge in [-0.2, -0.15) is 0 Å². The summed E-state index contributed by atoms with van der Waals surface area (Å²) in [5.74, 6) is -0.532. The summed E-state index contributed by atoms with van der Waals surface area (Å²) in [5.41, 5.74) is 5.95. The lowest BCUT2D eigenvalue weighted by Crippen LogP contribution is -2.12. The largest absolute Gasteiger partial charge is 0.375 e. The summed E-state index contributed by atoms with van der Waals surface area (Å²) in [5, 5.41) is 3.13. The van der Waals surface area contributed by atoms with E-state index in [2.05, 4.69) is 10.3 Å². The zero-order valence-corrected chi connectivity index (χ0v) is 10.3. The van der Waals surface area contributed by atoms with E-state index in [9.17, 15) is 9.18 Å². The molecule has 0 fully saturated rings. The maximum Gasteiger partial charge on any atom is 0.224 e. The van der Waals surface area contributed by atoms with Crippen molar-refractivity contribution in [1.29, 1.82) is 0 Å². The predicted molar refractivity (Wildman–Crippen MR) is 69.9 cm³/mol. The van der Waals surface area contributed by atoms with Crippen LogP contribution in [0.15, 0.2) is 30.5 Å². The van der Waals surface area contributed by atoms with Crippen LogP contribution in [0.2, 0.25) is 0 Å². The van der Waals surface area contributed by atoms with Crippen LogP contribution >= 0.6 is 11.3 Å². The van der Waals surface area contributed by atoms with Crippen molar-refractivity contribution in [3.8, 4) is 0 Å². The number of benzene rings is 1. The number of nitrogens with zero attached hydrogens (tertiary/aromatic N) is 1. The summed E-state index contributed by atoms with van der Waals surface area (Å²) < 4.78 is 12.9. The molecule has 0 aliphatic rings. The summed E-state index contributed by atoms with van der Waals surface area (Å²) in [7, 11) is 0. The third-order valence-corrected chi connectivity index (χ3v) is 3.16. The summed E-state index contributed by atoms with van der Waals surface area (Å²) in [6, 6.07) is 5.80. The molecule has 3 N–H and O–H groups in total. The molecule has 1 aromatic heterocycles. The Kier molecular flexibility index (Phi) is 3.88. The third-order valence-electron chi connectivity index (χ3n) is 2.28. The summed E-state index contributed by atoms with van der Waals surface area (Å²) in [4.78, 5) is 16.5. The maximum absolute atomic E-state index is 12.9. The van der Waals surface area contributed by atoms with Gasteiger partial charge in [-0.25, -0.2) is 9.37 Å². The number of hydrogen-bond donors (Lipinski definition) is 2. The number of nitrogen functional groups attached to an aromatic ring is 1. The lowest BCUT2D eigenvalue weighted by molar-refractivity contribution is -0.116. The number of nitrogens with one attached hydrogen (secondary N) is 1. The van der Waals surface area contributed by atoms with E-state index in [1.807, 2.05) is 0 Å². The van der Waals surface area contributed by atoms with E-state index in [0.29, 0.717) is 23.7 Å². The van der Waals surface area contributed by atoms with E-state index in [-0.39, 0.29) is 11.7 Å². The summed E-state index contributed by atoms with van der Waals surface area (Å²) in [6.45, 7) is 0. The van der Waals surface area contributed by atoms with E-state index >= 15 is 0 Å². The molecule has 2 aromatic rings. The van der Waals surface area contributed by atoms with Crippen molar-refractivity contribution in [2.24, 2.45) is 0 Å². The van der Waals surface area contributed by atoms with Gasteiger partial charge < -0.3 is 11.1 Å². The molecule has 0 radical (unpaired) electrons. The van der Waals surface area contributed by atoms with Gasteiger partial charge in [0.05, 0.1) is 0 Å². The predicted octanol–water partition coefficient (Wildman–Crippen LogP) is 2.44. The number of halogens is 1. The Labute approximate surface area is 108 Å². The van der Waals surface area contributed by atoms with Gasteiger partial charge in [0.1, 0.15) is 5.82 Å². The molecule has 0 spiro atoms. The van der Waals surface area contributed by atoms with E-state index in [0.717, 1.165) is 4.88 Å². The van der Waals surface area contributed by atoms with Crippen molar-refractivity contribution in [2.75, 3.05) is 11.1 Å². The van der Waals surface area contributed by atoms with Gasteiger partial charge >= 0.3 is 0 Å². The molecule has 0 atom stereocenters. The van der Waals surface area contributed by atoms with Gasteiger partial charge in [0.2, 0.25) is 5.91 Å². The molecular formula is C12H12FN3OS. The first-order valence-corrected chi connectivity index (χ1v) is 6.21. The summed E-state index contributed by atoms with van der Waals surface area (Å²) >= 11 is 1.37. The van der Waals surface area contributed by atoms with Crippen molar-refractivity contribution in [3.63, 3.8) is 0 Å². The second-order valence-electron chi connectivity index (χ2n) is 3.72. The minimum Gasteiger partial charge on any atom is -0.375 e. The highest BCUT2D eigenvalue weighted by Crippen LogP contribution is 2.16.